The number of halogens is 1. The van der Waals surface area contributed by atoms with Gasteiger partial charge in [-0.2, -0.15) is 0 Å². The van der Waals surface area contributed by atoms with Crippen LogP contribution in [-0.4, -0.2) is 15.7 Å². The van der Waals surface area contributed by atoms with Gasteiger partial charge >= 0.3 is 0 Å². The van der Waals surface area contributed by atoms with Crippen LogP contribution in [0.15, 0.2) is 70.1 Å². The Hall–Kier alpha value is -2.70. The number of fused-ring (bicyclic) bond motifs is 1. The Morgan fingerprint density at radius 1 is 1.15 bits per heavy atom. The van der Waals surface area contributed by atoms with Gasteiger partial charge in [0.05, 0.1) is 0 Å². The van der Waals surface area contributed by atoms with Gasteiger partial charge in [0.2, 0.25) is 0 Å². The van der Waals surface area contributed by atoms with Crippen molar-refractivity contribution in [1.82, 2.24) is 10.0 Å². The van der Waals surface area contributed by atoms with Gasteiger partial charge in [-0.3, -0.25) is 14.8 Å². The van der Waals surface area contributed by atoms with Crippen LogP contribution in [0.1, 0.15) is 17.5 Å². The molecule has 0 saturated heterocycles. The Labute approximate surface area is 165 Å². The van der Waals surface area contributed by atoms with Crippen molar-refractivity contribution < 1.29 is 10.0 Å². The molecule has 0 spiro atoms. The molecule has 0 atom stereocenters. The van der Waals surface area contributed by atoms with Crippen LogP contribution >= 0.6 is 15.9 Å². The van der Waals surface area contributed by atoms with Crippen molar-refractivity contribution >= 4 is 38.7 Å². The van der Waals surface area contributed by atoms with Gasteiger partial charge in [0, 0.05) is 28.9 Å². The number of nitrogens with one attached hydrogen (secondary N) is 1. The lowest BCUT2D eigenvalue weighted by molar-refractivity contribution is -0.124. The second-order valence-corrected chi connectivity index (χ2v) is 6.93. The van der Waals surface area contributed by atoms with Gasteiger partial charge in [0.25, 0.3) is 11.5 Å². The van der Waals surface area contributed by atoms with E-state index in [-0.39, 0.29) is 5.56 Å². The monoisotopic (exact) mass is 426 g/mol. The highest BCUT2D eigenvalue weighted by molar-refractivity contribution is 9.10. The van der Waals surface area contributed by atoms with Crippen LogP contribution in [0.4, 0.5) is 0 Å². The minimum absolute atomic E-state index is 0.169. The van der Waals surface area contributed by atoms with E-state index in [0.717, 1.165) is 23.4 Å². The third kappa shape index (κ3) is 4.53. The first-order valence-corrected chi connectivity index (χ1v) is 9.37. The van der Waals surface area contributed by atoms with Gasteiger partial charge in [-0.15, -0.1) is 0 Å². The van der Waals surface area contributed by atoms with E-state index in [0.29, 0.717) is 12.1 Å². The maximum Gasteiger partial charge on any atom is 0.267 e. The molecule has 1 amide bonds. The van der Waals surface area contributed by atoms with Crippen LogP contribution in [0.5, 0.6) is 0 Å². The number of benzene rings is 2. The third-order valence-corrected chi connectivity index (χ3v) is 5.30. The standard InChI is InChI=1S/C21H19BrN2O3/c22-20-16(10-9-15-5-1-2-8-18(15)20)6-3-13-24-14-4-7-17(21(24)26)11-12-19(25)23-27/h1-2,4-5,7-12,14,27H,3,6,13H2,(H,23,25)/b12-11+. The number of hydrogen-bond donors (Lipinski definition) is 2. The summed E-state index contributed by atoms with van der Waals surface area (Å²) >= 11 is 3.70. The van der Waals surface area contributed by atoms with Crippen molar-refractivity contribution in [2.75, 3.05) is 0 Å². The number of aromatic nitrogens is 1. The summed E-state index contributed by atoms with van der Waals surface area (Å²) in [7, 11) is 0. The number of hydrogen-bond acceptors (Lipinski definition) is 3. The highest BCUT2D eigenvalue weighted by Crippen LogP contribution is 2.28. The third-order valence-electron chi connectivity index (χ3n) is 4.36. The minimum atomic E-state index is -0.675. The van der Waals surface area contributed by atoms with E-state index in [9.17, 15) is 9.59 Å². The number of rotatable bonds is 6. The van der Waals surface area contributed by atoms with Crippen LogP contribution in [0.2, 0.25) is 0 Å². The molecule has 1 heterocycles. The van der Waals surface area contributed by atoms with Gasteiger partial charge in [-0.1, -0.05) is 36.4 Å². The van der Waals surface area contributed by atoms with Gasteiger partial charge in [0.15, 0.2) is 0 Å². The van der Waals surface area contributed by atoms with Crippen molar-refractivity contribution in [3.8, 4) is 0 Å². The van der Waals surface area contributed by atoms with E-state index < -0.39 is 5.91 Å². The predicted octanol–water partition coefficient (Wildman–Crippen LogP) is 3.92. The van der Waals surface area contributed by atoms with E-state index in [1.807, 2.05) is 12.1 Å². The zero-order chi connectivity index (χ0) is 19.2. The summed E-state index contributed by atoms with van der Waals surface area (Å²) in [5.74, 6) is -0.675. The molecule has 138 valence electrons. The van der Waals surface area contributed by atoms with E-state index in [1.54, 1.807) is 22.9 Å². The lowest BCUT2D eigenvalue weighted by Gasteiger charge is -2.10. The molecule has 0 saturated carbocycles. The molecule has 3 rings (SSSR count). The molecule has 0 unspecified atom stereocenters. The Morgan fingerprint density at radius 3 is 2.78 bits per heavy atom. The number of amides is 1. The molecule has 5 nitrogen and oxygen atoms in total. The first-order valence-electron chi connectivity index (χ1n) is 8.58. The van der Waals surface area contributed by atoms with Crippen molar-refractivity contribution in [3.63, 3.8) is 0 Å². The molecule has 2 aromatic carbocycles. The molecular weight excluding hydrogens is 408 g/mol. The fourth-order valence-corrected chi connectivity index (χ4v) is 3.66. The summed E-state index contributed by atoms with van der Waals surface area (Å²) in [5.41, 5.74) is 2.93. The molecule has 6 heteroatoms. The van der Waals surface area contributed by atoms with Crippen molar-refractivity contribution in [1.29, 1.82) is 0 Å². The molecule has 0 bridgehead atoms. The van der Waals surface area contributed by atoms with Crippen molar-refractivity contribution in [2.24, 2.45) is 0 Å². The van der Waals surface area contributed by atoms with Gasteiger partial charge in [0.1, 0.15) is 0 Å². The van der Waals surface area contributed by atoms with Gasteiger partial charge in [-0.05, 0) is 63.3 Å². The smallest absolute Gasteiger partial charge is 0.267 e. The fraction of sp³-hybridized carbons (Fsp3) is 0.143. The molecule has 0 fully saturated rings. The molecule has 0 aliphatic carbocycles. The van der Waals surface area contributed by atoms with Gasteiger partial charge in [-0.25, -0.2) is 5.48 Å². The predicted molar refractivity (Wildman–Crippen MR) is 110 cm³/mol. The largest absolute Gasteiger partial charge is 0.315 e. The van der Waals surface area contributed by atoms with E-state index in [2.05, 4.69) is 40.2 Å². The minimum Gasteiger partial charge on any atom is -0.315 e. The Morgan fingerprint density at radius 2 is 1.96 bits per heavy atom. The lowest BCUT2D eigenvalue weighted by atomic mass is 10.0. The zero-order valence-corrected chi connectivity index (χ0v) is 16.1. The van der Waals surface area contributed by atoms with E-state index in [1.165, 1.54) is 27.9 Å². The summed E-state index contributed by atoms with van der Waals surface area (Å²) < 4.78 is 2.73. The maximum atomic E-state index is 12.5. The molecule has 27 heavy (non-hydrogen) atoms. The Balaban J connectivity index is 1.71. The summed E-state index contributed by atoms with van der Waals surface area (Å²) in [6.45, 7) is 0.575. The number of carbonyl (C=O) groups is 1. The highest BCUT2D eigenvalue weighted by atomic mass is 79.9. The van der Waals surface area contributed by atoms with Crippen LogP contribution in [-0.2, 0) is 17.8 Å². The molecule has 0 aliphatic rings. The van der Waals surface area contributed by atoms with Crippen LogP contribution in [0.3, 0.4) is 0 Å². The number of carbonyl (C=O) groups excluding carboxylic acids is 1. The molecule has 2 N–H and O–H groups in total. The van der Waals surface area contributed by atoms with Crippen molar-refractivity contribution in [3.05, 3.63) is 86.8 Å². The molecule has 0 radical (unpaired) electrons. The SMILES string of the molecule is O=C(/C=C/c1cccn(CCCc2ccc3ccccc3c2Br)c1=O)NO. The molecule has 3 aromatic rings. The average Bonchev–Trinajstić information content (AvgIpc) is 2.70. The Kier molecular flexibility index (Phi) is 6.21. The first-order chi connectivity index (χ1) is 13.1. The van der Waals surface area contributed by atoms with Crippen LogP contribution in [0, 0.1) is 0 Å². The average molecular weight is 427 g/mol. The summed E-state index contributed by atoms with van der Waals surface area (Å²) in [5, 5.41) is 10.9. The zero-order valence-electron chi connectivity index (χ0n) is 14.6. The number of aryl methyl sites for hydroxylation is 2. The van der Waals surface area contributed by atoms with Crippen LogP contribution in [0.25, 0.3) is 16.8 Å². The van der Waals surface area contributed by atoms with Crippen molar-refractivity contribution in [2.45, 2.75) is 19.4 Å². The number of nitrogens with zero attached hydrogens (tertiary/aromatic N) is 1. The topological polar surface area (TPSA) is 71.3 Å². The fourth-order valence-electron chi connectivity index (χ4n) is 2.97. The quantitative estimate of drug-likeness (QED) is 0.356. The van der Waals surface area contributed by atoms with Gasteiger partial charge < -0.3 is 4.57 Å². The summed E-state index contributed by atoms with van der Waals surface area (Å²) in [6, 6.07) is 15.8. The molecule has 1 aromatic heterocycles. The second-order valence-electron chi connectivity index (χ2n) is 6.13. The van der Waals surface area contributed by atoms with E-state index in [4.69, 9.17) is 5.21 Å². The normalized spacial score (nSPS) is 11.2. The second kappa shape index (κ2) is 8.79. The number of pyridine rings is 1. The lowest BCUT2D eigenvalue weighted by Crippen LogP contribution is -2.22. The number of hydroxylamine groups is 1. The molecular formula is C21H19BrN2O3. The Bertz CT molecular complexity index is 1060. The maximum absolute atomic E-state index is 12.5. The molecule has 0 aliphatic heterocycles. The summed E-state index contributed by atoms with van der Waals surface area (Å²) in [4.78, 5) is 23.5. The first kappa shape index (κ1) is 19.1. The van der Waals surface area contributed by atoms with E-state index >= 15 is 0 Å². The summed E-state index contributed by atoms with van der Waals surface area (Å²) in [6.07, 6.45) is 5.89. The highest BCUT2D eigenvalue weighted by Gasteiger charge is 2.06. The van der Waals surface area contributed by atoms with Crippen LogP contribution < -0.4 is 11.0 Å².